The Morgan fingerprint density at radius 1 is 1.15 bits per heavy atom. The van der Waals surface area contributed by atoms with E-state index in [0.717, 1.165) is 6.42 Å². The highest BCUT2D eigenvalue weighted by Gasteiger charge is 2.15. The van der Waals surface area contributed by atoms with Gasteiger partial charge in [-0.05, 0) is 37.1 Å². The summed E-state index contributed by atoms with van der Waals surface area (Å²) >= 11 is 5.84. The highest BCUT2D eigenvalue weighted by molar-refractivity contribution is 6.30. The normalized spacial score (nSPS) is 11.2. The topological polar surface area (TPSA) is 71.1 Å². The summed E-state index contributed by atoms with van der Waals surface area (Å²) in [5.74, 6) is 0.700. The second kappa shape index (κ2) is 7.78. The molecule has 0 spiro atoms. The standard InChI is InChI=1S/C18H21ClN4O3/c1-3-9-22-12-20-16-15(22)17(24)23(18(25)21(16)2)10-4-11-26-14-7-5-13(19)6-8-14/h5-8,12H,3-4,9-11H2,1-2H3. The van der Waals surface area contributed by atoms with Gasteiger partial charge in [-0.15, -0.1) is 0 Å². The number of imidazole rings is 1. The Balaban J connectivity index is 1.79. The van der Waals surface area contributed by atoms with E-state index in [1.807, 2.05) is 6.92 Å². The molecule has 3 aromatic rings. The smallest absolute Gasteiger partial charge is 0.332 e. The third-order valence-corrected chi connectivity index (χ3v) is 4.43. The second-order valence-corrected chi connectivity index (χ2v) is 6.50. The molecule has 8 heteroatoms. The zero-order valence-electron chi connectivity index (χ0n) is 14.8. The maximum absolute atomic E-state index is 12.8. The summed E-state index contributed by atoms with van der Waals surface area (Å²) < 4.78 is 10.1. The van der Waals surface area contributed by atoms with Gasteiger partial charge in [0, 0.05) is 25.2 Å². The summed E-state index contributed by atoms with van der Waals surface area (Å²) in [5.41, 5.74) is 0.214. The highest BCUT2D eigenvalue weighted by atomic mass is 35.5. The van der Waals surface area contributed by atoms with Crippen LogP contribution >= 0.6 is 11.6 Å². The lowest BCUT2D eigenvalue weighted by atomic mass is 10.3. The van der Waals surface area contributed by atoms with E-state index < -0.39 is 0 Å². The molecule has 0 atom stereocenters. The fourth-order valence-corrected chi connectivity index (χ4v) is 3.00. The van der Waals surface area contributed by atoms with Crippen molar-refractivity contribution in [1.29, 1.82) is 0 Å². The van der Waals surface area contributed by atoms with Crippen LogP contribution in [0.4, 0.5) is 0 Å². The van der Waals surface area contributed by atoms with E-state index in [1.165, 1.54) is 9.13 Å². The lowest BCUT2D eigenvalue weighted by molar-refractivity contribution is 0.299. The van der Waals surface area contributed by atoms with Gasteiger partial charge in [-0.25, -0.2) is 9.78 Å². The van der Waals surface area contributed by atoms with Gasteiger partial charge in [0.05, 0.1) is 12.9 Å². The van der Waals surface area contributed by atoms with E-state index in [1.54, 1.807) is 42.2 Å². The van der Waals surface area contributed by atoms with Crippen LogP contribution in [-0.4, -0.2) is 25.3 Å². The molecule has 0 radical (unpaired) electrons. The van der Waals surface area contributed by atoms with Crippen LogP contribution in [0.15, 0.2) is 40.2 Å². The number of hydrogen-bond donors (Lipinski definition) is 0. The molecule has 0 saturated heterocycles. The van der Waals surface area contributed by atoms with Gasteiger partial charge in [0.2, 0.25) is 0 Å². The molecule has 2 heterocycles. The van der Waals surface area contributed by atoms with Crippen molar-refractivity contribution >= 4 is 22.8 Å². The van der Waals surface area contributed by atoms with Gasteiger partial charge in [0.1, 0.15) is 5.75 Å². The number of nitrogens with zero attached hydrogens (tertiary/aromatic N) is 4. The highest BCUT2D eigenvalue weighted by Crippen LogP contribution is 2.15. The largest absolute Gasteiger partial charge is 0.494 e. The van der Waals surface area contributed by atoms with E-state index >= 15 is 0 Å². The van der Waals surface area contributed by atoms with Crippen LogP contribution in [0.2, 0.25) is 5.02 Å². The molecule has 0 fully saturated rings. The van der Waals surface area contributed by atoms with E-state index in [2.05, 4.69) is 4.98 Å². The van der Waals surface area contributed by atoms with E-state index in [-0.39, 0.29) is 17.8 Å². The maximum Gasteiger partial charge on any atom is 0.332 e. The summed E-state index contributed by atoms with van der Waals surface area (Å²) in [5, 5.41) is 0.643. The lowest BCUT2D eigenvalue weighted by Crippen LogP contribution is -2.40. The van der Waals surface area contributed by atoms with Gasteiger partial charge in [-0.1, -0.05) is 18.5 Å². The number of ether oxygens (including phenoxy) is 1. The predicted molar refractivity (Wildman–Crippen MR) is 101 cm³/mol. The molecular weight excluding hydrogens is 356 g/mol. The molecule has 0 bridgehead atoms. The van der Waals surface area contributed by atoms with Crippen LogP contribution in [0.5, 0.6) is 5.75 Å². The molecule has 26 heavy (non-hydrogen) atoms. The number of hydrogen-bond acceptors (Lipinski definition) is 4. The van der Waals surface area contributed by atoms with Gasteiger partial charge < -0.3 is 9.30 Å². The molecule has 0 unspecified atom stereocenters. The zero-order valence-corrected chi connectivity index (χ0v) is 15.6. The average molecular weight is 377 g/mol. The number of rotatable bonds is 7. The van der Waals surface area contributed by atoms with Crippen LogP contribution in [0.25, 0.3) is 11.2 Å². The molecule has 1 aromatic carbocycles. The Kier molecular flexibility index (Phi) is 5.46. The Morgan fingerprint density at radius 2 is 1.88 bits per heavy atom. The quantitative estimate of drug-likeness (QED) is 0.594. The van der Waals surface area contributed by atoms with Crippen molar-refractivity contribution in [2.45, 2.75) is 32.9 Å². The first-order chi connectivity index (χ1) is 12.5. The predicted octanol–water partition coefficient (Wildman–Crippen LogP) is 2.43. The van der Waals surface area contributed by atoms with Gasteiger partial charge in [-0.2, -0.15) is 0 Å². The Morgan fingerprint density at radius 3 is 2.58 bits per heavy atom. The minimum atomic E-state index is -0.365. The molecule has 0 saturated carbocycles. The Bertz CT molecular complexity index is 1020. The zero-order chi connectivity index (χ0) is 18.7. The van der Waals surface area contributed by atoms with Crippen molar-refractivity contribution in [3.05, 3.63) is 56.5 Å². The first-order valence-electron chi connectivity index (χ1n) is 8.56. The molecular formula is C18H21ClN4O3. The molecule has 0 aliphatic carbocycles. The third-order valence-electron chi connectivity index (χ3n) is 4.17. The van der Waals surface area contributed by atoms with E-state index in [4.69, 9.17) is 16.3 Å². The van der Waals surface area contributed by atoms with Gasteiger partial charge in [0.25, 0.3) is 5.56 Å². The fraction of sp³-hybridized carbons (Fsp3) is 0.389. The van der Waals surface area contributed by atoms with Crippen molar-refractivity contribution in [3.8, 4) is 5.75 Å². The second-order valence-electron chi connectivity index (χ2n) is 6.06. The minimum Gasteiger partial charge on any atom is -0.494 e. The molecule has 0 aliphatic rings. The molecule has 2 aromatic heterocycles. The summed E-state index contributed by atoms with van der Waals surface area (Å²) in [4.78, 5) is 29.5. The van der Waals surface area contributed by atoms with Crippen LogP contribution in [-0.2, 0) is 20.1 Å². The molecule has 0 N–H and O–H groups in total. The van der Waals surface area contributed by atoms with Crippen molar-refractivity contribution < 1.29 is 4.74 Å². The number of aromatic nitrogens is 4. The third kappa shape index (κ3) is 3.53. The monoisotopic (exact) mass is 376 g/mol. The minimum absolute atomic E-state index is 0.284. The maximum atomic E-state index is 12.8. The summed E-state index contributed by atoms with van der Waals surface area (Å²) in [7, 11) is 1.63. The SMILES string of the molecule is CCCn1cnc2c1c(=O)n(CCCOc1ccc(Cl)cc1)c(=O)n2C. The van der Waals surface area contributed by atoms with Crippen molar-refractivity contribution in [1.82, 2.24) is 18.7 Å². The van der Waals surface area contributed by atoms with Gasteiger partial charge in [-0.3, -0.25) is 13.9 Å². The fourth-order valence-electron chi connectivity index (χ4n) is 2.87. The number of fused-ring (bicyclic) bond motifs is 1. The summed E-state index contributed by atoms with van der Waals surface area (Å²) in [6.07, 6.45) is 3.02. The van der Waals surface area contributed by atoms with Crippen molar-refractivity contribution in [2.75, 3.05) is 6.61 Å². The number of benzene rings is 1. The van der Waals surface area contributed by atoms with E-state index in [9.17, 15) is 9.59 Å². The molecule has 0 aliphatic heterocycles. The molecule has 7 nitrogen and oxygen atoms in total. The first-order valence-corrected chi connectivity index (χ1v) is 8.93. The van der Waals surface area contributed by atoms with Crippen LogP contribution in [0, 0.1) is 0 Å². The number of halogens is 1. The van der Waals surface area contributed by atoms with Gasteiger partial charge in [0.15, 0.2) is 11.2 Å². The van der Waals surface area contributed by atoms with Crippen molar-refractivity contribution in [2.24, 2.45) is 7.05 Å². The average Bonchev–Trinajstić information content (AvgIpc) is 3.05. The summed E-state index contributed by atoms with van der Waals surface area (Å²) in [6.45, 7) is 3.39. The lowest BCUT2D eigenvalue weighted by Gasteiger charge is -2.10. The van der Waals surface area contributed by atoms with Gasteiger partial charge >= 0.3 is 5.69 Å². The Hall–Kier alpha value is -2.54. The first kappa shape index (κ1) is 18.3. The summed E-state index contributed by atoms with van der Waals surface area (Å²) in [6, 6.07) is 7.06. The molecule has 0 amide bonds. The van der Waals surface area contributed by atoms with Crippen molar-refractivity contribution in [3.63, 3.8) is 0 Å². The van der Waals surface area contributed by atoms with E-state index in [0.29, 0.717) is 41.5 Å². The van der Waals surface area contributed by atoms with Crippen LogP contribution in [0.1, 0.15) is 19.8 Å². The Labute approximate surface area is 155 Å². The molecule has 3 rings (SSSR count). The molecule has 138 valence electrons. The number of aryl methyl sites for hydroxylation is 2. The van der Waals surface area contributed by atoms with Crippen LogP contribution < -0.4 is 16.0 Å². The van der Waals surface area contributed by atoms with Crippen LogP contribution in [0.3, 0.4) is 0 Å².